The minimum atomic E-state index is -0.379. The number of hydrogen-bond acceptors (Lipinski definition) is 7. The molecule has 0 saturated carbocycles. The molecule has 9 heteroatoms. The maximum absolute atomic E-state index is 6.42. The lowest BCUT2D eigenvalue weighted by molar-refractivity contribution is -0.0406. The minimum absolute atomic E-state index is 0.231. The van der Waals surface area contributed by atoms with E-state index in [2.05, 4.69) is 31.0 Å². The van der Waals surface area contributed by atoms with Crippen molar-refractivity contribution in [2.24, 2.45) is 0 Å². The summed E-state index contributed by atoms with van der Waals surface area (Å²) in [5, 5.41) is 5.33. The van der Waals surface area contributed by atoms with E-state index in [4.69, 9.17) is 18.9 Å². The van der Waals surface area contributed by atoms with Gasteiger partial charge in [0.05, 0.1) is 7.11 Å². The topological polar surface area (TPSA) is 80.5 Å². The van der Waals surface area contributed by atoms with Gasteiger partial charge in [-0.05, 0) is 54.0 Å². The van der Waals surface area contributed by atoms with Gasteiger partial charge in [-0.15, -0.1) is 5.10 Å². The van der Waals surface area contributed by atoms with Gasteiger partial charge in [-0.3, -0.25) is 0 Å². The number of methoxy groups -OCH3 is 1. The van der Waals surface area contributed by atoms with Gasteiger partial charge in [0.25, 0.3) is 0 Å². The molecule has 1 saturated heterocycles. The van der Waals surface area contributed by atoms with Gasteiger partial charge in [0, 0.05) is 6.42 Å². The summed E-state index contributed by atoms with van der Waals surface area (Å²) in [5.41, 5.74) is 2.88. The van der Waals surface area contributed by atoms with Crippen molar-refractivity contribution in [1.82, 2.24) is 19.7 Å². The molecule has 2 aromatic carbocycles. The molecule has 176 valence electrons. The molecule has 3 heterocycles. The van der Waals surface area contributed by atoms with Gasteiger partial charge in [-0.1, -0.05) is 35.4 Å². The lowest BCUT2D eigenvalue weighted by Gasteiger charge is -2.20. The molecule has 2 aromatic heterocycles. The van der Waals surface area contributed by atoms with Gasteiger partial charge in [0.1, 0.15) is 46.6 Å². The molecule has 1 aliphatic rings. The Bertz CT molecular complexity index is 1280. The quantitative estimate of drug-likeness (QED) is 0.335. The number of halogens is 1. The normalized spacial score (nSPS) is 19.9. The Morgan fingerprint density at radius 1 is 1.00 bits per heavy atom. The van der Waals surface area contributed by atoms with E-state index < -0.39 is 0 Å². The van der Waals surface area contributed by atoms with Crippen molar-refractivity contribution in [3.05, 3.63) is 70.6 Å². The van der Waals surface area contributed by atoms with Crippen LogP contribution >= 0.6 is 15.9 Å². The number of hydrogen-bond donors (Lipinski definition) is 0. The van der Waals surface area contributed by atoms with Crippen molar-refractivity contribution in [1.29, 1.82) is 0 Å². The zero-order valence-electron chi connectivity index (χ0n) is 19.1. The average molecular weight is 525 g/mol. The monoisotopic (exact) mass is 524 g/mol. The number of rotatable bonds is 7. The first kappa shape index (κ1) is 22.6. The zero-order chi connectivity index (χ0) is 23.7. The SMILES string of the molecule is COc1ncnc2nn([C@H]3C[C@H](Oc4ccc(C)cc4)[C@@H](COc4ccc(C)cc4)O3)c(Br)c12. The van der Waals surface area contributed by atoms with E-state index in [1.54, 1.807) is 11.8 Å². The van der Waals surface area contributed by atoms with Crippen LogP contribution in [0.25, 0.3) is 11.0 Å². The number of ether oxygens (including phenoxy) is 4. The molecule has 0 N–H and O–H groups in total. The summed E-state index contributed by atoms with van der Waals surface area (Å²) in [6.07, 6.45) is 1.10. The molecule has 0 radical (unpaired) electrons. The van der Waals surface area contributed by atoms with Crippen LogP contribution in [0.5, 0.6) is 17.4 Å². The van der Waals surface area contributed by atoms with Crippen LogP contribution in [0.15, 0.2) is 59.5 Å². The fraction of sp³-hybridized carbons (Fsp3) is 0.320. The first-order valence-electron chi connectivity index (χ1n) is 11.0. The predicted octanol–water partition coefficient (Wildman–Crippen LogP) is 5.03. The summed E-state index contributed by atoms with van der Waals surface area (Å²) >= 11 is 3.64. The van der Waals surface area contributed by atoms with Gasteiger partial charge in [0.2, 0.25) is 5.88 Å². The molecular formula is C25H25BrN4O4. The minimum Gasteiger partial charge on any atom is -0.491 e. The maximum Gasteiger partial charge on any atom is 0.228 e. The van der Waals surface area contributed by atoms with Crippen LogP contribution in [0.4, 0.5) is 0 Å². The van der Waals surface area contributed by atoms with Crippen LogP contribution < -0.4 is 14.2 Å². The third-order valence-electron chi connectivity index (χ3n) is 5.79. The molecular weight excluding hydrogens is 500 g/mol. The Kier molecular flexibility index (Phi) is 6.38. The lowest BCUT2D eigenvalue weighted by Crippen LogP contribution is -2.32. The van der Waals surface area contributed by atoms with Crippen molar-refractivity contribution >= 4 is 27.0 Å². The second kappa shape index (κ2) is 9.60. The third-order valence-corrected chi connectivity index (χ3v) is 6.55. The van der Waals surface area contributed by atoms with Crippen LogP contribution in [0, 0.1) is 13.8 Å². The Hall–Kier alpha value is -3.17. The average Bonchev–Trinajstić information content (AvgIpc) is 3.40. The summed E-state index contributed by atoms with van der Waals surface area (Å²) in [6.45, 7) is 4.44. The van der Waals surface area contributed by atoms with Gasteiger partial charge in [0.15, 0.2) is 11.9 Å². The van der Waals surface area contributed by atoms with Crippen molar-refractivity contribution in [2.45, 2.75) is 38.7 Å². The largest absolute Gasteiger partial charge is 0.491 e. The first-order chi connectivity index (χ1) is 16.5. The lowest BCUT2D eigenvalue weighted by atomic mass is 10.1. The fourth-order valence-electron chi connectivity index (χ4n) is 3.95. The number of aromatic nitrogens is 4. The summed E-state index contributed by atoms with van der Waals surface area (Å²) in [4.78, 5) is 8.46. The highest BCUT2D eigenvalue weighted by Gasteiger charge is 2.40. The smallest absolute Gasteiger partial charge is 0.228 e. The molecule has 1 fully saturated rings. The highest BCUT2D eigenvalue weighted by molar-refractivity contribution is 9.10. The van der Waals surface area contributed by atoms with Crippen LogP contribution in [-0.4, -0.2) is 45.7 Å². The Balaban J connectivity index is 1.40. The molecule has 0 unspecified atom stereocenters. The van der Waals surface area contributed by atoms with E-state index in [0.717, 1.165) is 11.5 Å². The second-order valence-electron chi connectivity index (χ2n) is 8.28. The van der Waals surface area contributed by atoms with E-state index in [1.165, 1.54) is 17.5 Å². The van der Waals surface area contributed by atoms with Crippen LogP contribution in [-0.2, 0) is 4.74 Å². The van der Waals surface area contributed by atoms with Gasteiger partial charge >= 0.3 is 0 Å². The highest BCUT2D eigenvalue weighted by atomic mass is 79.9. The second-order valence-corrected chi connectivity index (χ2v) is 9.03. The summed E-state index contributed by atoms with van der Waals surface area (Å²) in [5.74, 6) is 2.03. The summed E-state index contributed by atoms with van der Waals surface area (Å²) < 4.78 is 26.7. The van der Waals surface area contributed by atoms with Crippen molar-refractivity contribution in [2.75, 3.05) is 13.7 Å². The van der Waals surface area contributed by atoms with Crippen LogP contribution in [0.2, 0.25) is 0 Å². The zero-order valence-corrected chi connectivity index (χ0v) is 20.7. The van der Waals surface area contributed by atoms with E-state index >= 15 is 0 Å². The molecule has 8 nitrogen and oxygen atoms in total. The molecule has 0 amide bonds. The number of fused-ring (bicyclic) bond motifs is 1. The standard InChI is InChI=1S/C25H25BrN4O4/c1-15-4-8-17(9-5-15)32-13-20-19(33-18-10-6-16(2)7-11-18)12-21(34-20)30-23(26)22-24(29-30)27-14-28-25(22)31-3/h4-11,14,19-21H,12-13H2,1-3H3/t19-,20+,21+/m0/s1. The molecule has 5 rings (SSSR count). The van der Waals surface area contributed by atoms with Crippen molar-refractivity contribution in [3.63, 3.8) is 0 Å². The third kappa shape index (κ3) is 4.58. The molecule has 4 aromatic rings. The first-order valence-corrected chi connectivity index (χ1v) is 11.8. The summed E-state index contributed by atoms with van der Waals surface area (Å²) in [7, 11) is 1.57. The van der Waals surface area contributed by atoms with Crippen LogP contribution in [0.1, 0.15) is 23.8 Å². The van der Waals surface area contributed by atoms with Gasteiger partial charge in [-0.2, -0.15) is 0 Å². The Labute approximate surface area is 206 Å². The molecule has 34 heavy (non-hydrogen) atoms. The van der Waals surface area contributed by atoms with E-state index in [-0.39, 0.29) is 18.4 Å². The number of aryl methyl sites for hydroxylation is 2. The van der Waals surface area contributed by atoms with E-state index in [0.29, 0.717) is 34.5 Å². The van der Waals surface area contributed by atoms with Crippen molar-refractivity contribution in [3.8, 4) is 17.4 Å². The van der Waals surface area contributed by atoms with Gasteiger partial charge < -0.3 is 18.9 Å². The molecule has 0 aliphatic carbocycles. The molecule has 0 bridgehead atoms. The summed E-state index contributed by atoms with van der Waals surface area (Å²) in [6, 6.07) is 16.0. The van der Waals surface area contributed by atoms with E-state index in [1.807, 2.05) is 62.4 Å². The number of nitrogens with zero attached hydrogens (tertiary/aromatic N) is 4. The van der Waals surface area contributed by atoms with Gasteiger partial charge in [-0.25, -0.2) is 14.6 Å². The molecule has 0 spiro atoms. The van der Waals surface area contributed by atoms with Crippen molar-refractivity contribution < 1.29 is 18.9 Å². The molecule has 1 aliphatic heterocycles. The number of benzene rings is 2. The van der Waals surface area contributed by atoms with Crippen LogP contribution in [0.3, 0.4) is 0 Å². The Morgan fingerprint density at radius 3 is 2.35 bits per heavy atom. The Morgan fingerprint density at radius 2 is 1.68 bits per heavy atom. The fourth-order valence-corrected chi connectivity index (χ4v) is 4.61. The molecule has 3 atom stereocenters. The predicted molar refractivity (Wildman–Crippen MR) is 130 cm³/mol. The maximum atomic E-state index is 6.42. The van der Waals surface area contributed by atoms with E-state index in [9.17, 15) is 0 Å². The highest BCUT2D eigenvalue weighted by Crippen LogP contribution is 2.37.